The van der Waals surface area contributed by atoms with Crippen LogP contribution in [0.25, 0.3) is 0 Å². The summed E-state index contributed by atoms with van der Waals surface area (Å²) in [5.74, 6) is 2.56. The summed E-state index contributed by atoms with van der Waals surface area (Å²) in [6.45, 7) is 0.859. The van der Waals surface area contributed by atoms with Gasteiger partial charge in [0.05, 0.1) is 19.7 Å². The summed E-state index contributed by atoms with van der Waals surface area (Å²) < 4.78 is 10.7. The Hall–Kier alpha value is -2.34. The Kier molecular flexibility index (Phi) is 6.06. The van der Waals surface area contributed by atoms with Gasteiger partial charge in [-0.2, -0.15) is 0 Å². The molecule has 1 atom stereocenters. The summed E-state index contributed by atoms with van der Waals surface area (Å²) >= 11 is 1.84. The summed E-state index contributed by atoms with van der Waals surface area (Å²) in [6, 6.07) is 15.5. The van der Waals surface area contributed by atoms with Crippen molar-refractivity contribution in [2.45, 2.75) is 17.4 Å². The molecule has 2 aromatic carbocycles. The highest BCUT2D eigenvalue weighted by molar-refractivity contribution is 7.99. The SMILES string of the molecule is COc1ccc(OCCNC(=O)N[C@@H]2CCSc3ccccc32)cc1. The average Bonchev–Trinajstić information content (AvgIpc) is 2.66. The molecule has 0 unspecified atom stereocenters. The molecule has 0 aliphatic carbocycles. The van der Waals surface area contributed by atoms with Gasteiger partial charge in [-0.3, -0.25) is 0 Å². The fourth-order valence-electron chi connectivity index (χ4n) is 2.71. The highest BCUT2D eigenvalue weighted by Gasteiger charge is 2.21. The molecule has 3 rings (SSSR count). The predicted octanol–water partition coefficient (Wildman–Crippen LogP) is 3.61. The predicted molar refractivity (Wildman–Crippen MR) is 99.5 cm³/mol. The zero-order chi connectivity index (χ0) is 17.5. The van der Waals surface area contributed by atoms with Gasteiger partial charge < -0.3 is 20.1 Å². The van der Waals surface area contributed by atoms with E-state index in [0.29, 0.717) is 13.2 Å². The number of carbonyl (C=O) groups excluding carboxylic acids is 1. The lowest BCUT2D eigenvalue weighted by molar-refractivity contribution is 0.232. The number of rotatable bonds is 6. The van der Waals surface area contributed by atoms with Gasteiger partial charge >= 0.3 is 6.03 Å². The Bertz CT molecular complexity index is 706. The number of urea groups is 1. The second-order valence-corrected chi connectivity index (χ2v) is 6.79. The van der Waals surface area contributed by atoms with Crippen LogP contribution in [0.5, 0.6) is 11.5 Å². The molecule has 0 fully saturated rings. The van der Waals surface area contributed by atoms with Crippen LogP contribution >= 0.6 is 11.8 Å². The lowest BCUT2D eigenvalue weighted by Crippen LogP contribution is -2.40. The fourth-order valence-corrected chi connectivity index (χ4v) is 3.83. The van der Waals surface area contributed by atoms with Crippen molar-refractivity contribution in [1.29, 1.82) is 0 Å². The Balaban J connectivity index is 1.41. The molecule has 0 bridgehead atoms. The number of thioether (sulfide) groups is 1. The first-order valence-corrected chi connectivity index (χ1v) is 9.28. The molecule has 2 aromatic rings. The van der Waals surface area contributed by atoms with E-state index in [1.807, 2.05) is 48.2 Å². The third kappa shape index (κ3) is 4.82. The van der Waals surface area contributed by atoms with Crippen molar-refractivity contribution in [2.75, 3.05) is 26.0 Å². The highest BCUT2D eigenvalue weighted by atomic mass is 32.2. The van der Waals surface area contributed by atoms with E-state index in [4.69, 9.17) is 9.47 Å². The van der Waals surface area contributed by atoms with Crippen LogP contribution in [-0.2, 0) is 0 Å². The molecule has 1 aliphatic rings. The number of methoxy groups -OCH3 is 1. The molecule has 2 amide bonds. The topological polar surface area (TPSA) is 59.6 Å². The lowest BCUT2D eigenvalue weighted by Gasteiger charge is -2.25. The van der Waals surface area contributed by atoms with Crippen LogP contribution in [0.2, 0.25) is 0 Å². The van der Waals surface area contributed by atoms with Crippen LogP contribution in [0.1, 0.15) is 18.0 Å². The second-order valence-electron chi connectivity index (χ2n) is 5.65. The molecular weight excluding hydrogens is 336 g/mol. The van der Waals surface area contributed by atoms with Gasteiger partial charge in [0.1, 0.15) is 18.1 Å². The smallest absolute Gasteiger partial charge is 0.315 e. The maximum Gasteiger partial charge on any atom is 0.315 e. The highest BCUT2D eigenvalue weighted by Crippen LogP contribution is 2.35. The first-order chi connectivity index (χ1) is 12.3. The van der Waals surface area contributed by atoms with Gasteiger partial charge in [0, 0.05) is 10.6 Å². The van der Waals surface area contributed by atoms with Crippen LogP contribution in [0.15, 0.2) is 53.4 Å². The van der Waals surface area contributed by atoms with Crippen molar-refractivity contribution in [3.63, 3.8) is 0 Å². The molecule has 6 heteroatoms. The van der Waals surface area contributed by atoms with Crippen molar-refractivity contribution >= 4 is 17.8 Å². The third-order valence-electron chi connectivity index (χ3n) is 3.98. The van der Waals surface area contributed by atoms with Crippen LogP contribution in [0.4, 0.5) is 4.79 Å². The first kappa shape index (κ1) is 17.5. The summed E-state index contributed by atoms with van der Waals surface area (Å²) in [6.07, 6.45) is 0.942. The van der Waals surface area contributed by atoms with E-state index in [-0.39, 0.29) is 12.1 Å². The van der Waals surface area contributed by atoms with E-state index in [0.717, 1.165) is 23.7 Å². The third-order valence-corrected chi connectivity index (χ3v) is 5.10. The lowest BCUT2D eigenvalue weighted by atomic mass is 10.0. The van der Waals surface area contributed by atoms with E-state index >= 15 is 0 Å². The summed E-state index contributed by atoms with van der Waals surface area (Å²) in [5.41, 5.74) is 1.20. The van der Waals surface area contributed by atoms with E-state index in [1.165, 1.54) is 10.5 Å². The van der Waals surface area contributed by atoms with E-state index in [9.17, 15) is 4.79 Å². The summed E-state index contributed by atoms with van der Waals surface area (Å²) in [5, 5.41) is 5.90. The molecule has 5 nitrogen and oxygen atoms in total. The average molecular weight is 358 g/mol. The van der Waals surface area contributed by atoms with Crippen LogP contribution in [0.3, 0.4) is 0 Å². The monoisotopic (exact) mass is 358 g/mol. The van der Waals surface area contributed by atoms with Gasteiger partial charge in [-0.25, -0.2) is 4.79 Å². The first-order valence-electron chi connectivity index (χ1n) is 8.29. The Morgan fingerprint density at radius 2 is 1.92 bits per heavy atom. The molecule has 0 saturated heterocycles. The maximum absolute atomic E-state index is 12.1. The normalized spacial score (nSPS) is 15.8. The van der Waals surface area contributed by atoms with E-state index < -0.39 is 0 Å². The molecule has 25 heavy (non-hydrogen) atoms. The quantitative estimate of drug-likeness (QED) is 0.775. The minimum atomic E-state index is -0.162. The van der Waals surface area contributed by atoms with Crippen LogP contribution in [0, 0.1) is 0 Å². The molecule has 0 spiro atoms. The van der Waals surface area contributed by atoms with Crippen molar-refractivity contribution < 1.29 is 14.3 Å². The number of hydrogen-bond donors (Lipinski definition) is 2. The van der Waals surface area contributed by atoms with Crippen LogP contribution in [-0.4, -0.2) is 32.0 Å². The minimum Gasteiger partial charge on any atom is -0.497 e. The largest absolute Gasteiger partial charge is 0.497 e. The number of fused-ring (bicyclic) bond motifs is 1. The molecule has 132 valence electrons. The molecule has 0 saturated carbocycles. The number of ether oxygens (including phenoxy) is 2. The number of benzene rings is 2. The number of hydrogen-bond acceptors (Lipinski definition) is 4. The molecule has 1 aliphatic heterocycles. The van der Waals surface area contributed by atoms with Gasteiger partial charge in [0.15, 0.2) is 0 Å². The molecule has 2 N–H and O–H groups in total. The zero-order valence-electron chi connectivity index (χ0n) is 14.2. The Labute approximate surface area is 152 Å². The molecule has 1 heterocycles. The minimum absolute atomic E-state index is 0.0694. The van der Waals surface area contributed by atoms with Gasteiger partial charge in [-0.1, -0.05) is 18.2 Å². The van der Waals surface area contributed by atoms with Gasteiger partial charge in [-0.05, 0) is 42.3 Å². The van der Waals surface area contributed by atoms with Crippen molar-refractivity contribution in [1.82, 2.24) is 10.6 Å². The van der Waals surface area contributed by atoms with Gasteiger partial charge in [0.25, 0.3) is 0 Å². The van der Waals surface area contributed by atoms with E-state index in [1.54, 1.807) is 7.11 Å². The maximum atomic E-state index is 12.1. The van der Waals surface area contributed by atoms with Crippen molar-refractivity contribution in [2.24, 2.45) is 0 Å². The number of amides is 2. The van der Waals surface area contributed by atoms with E-state index in [2.05, 4.69) is 22.8 Å². The van der Waals surface area contributed by atoms with Crippen molar-refractivity contribution in [3.8, 4) is 11.5 Å². The Morgan fingerprint density at radius 3 is 2.72 bits per heavy atom. The molecular formula is C19H22N2O3S. The molecule has 0 aromatic heterocycles. The van der Waals surface area contributed by atoms with Gasteiger partial charge in [-0.15, -0.1) is 11.8 Å². The summed E-state index contributed by atoms with van der Waals surface area (Å²) in [4.78, 5) is 13.4. The second kappa shape index (κ2) is 8.67. The standard InChI is InChI=1S/C19H22N2O3S/c1-23-14-6-8-15(9-7-14)24-12-11-20-19(22)21-17-10-13-25-18-5-3-2-4-16(17)18/h2-9,17H,10-13H2,1H3,(H2,20,21,22)/t17-/m1/s1. The molecule has 0 radical (unpaired) electrons. The van der Waals surface area contributed by atoms with Crippen molar-refractivity contribution in [3.05, 3.63) is 54.1 Å². The Morgan fingerprint density at radius 1 is 1.16 bits per heavy atom. The summed E-state index contributed by atoms with van der Waals surface area (Å²) in [7, 11) is 1.63. The zero-order valence-corrected chi connectivity index (χ0v) is 15.0. The van der Waals surface area contributed by atoms with Crippen LogP contribution < -0.4 is 20.1 Å². The number of carbonyl (C=O) groups is 1. The van der Waals surface area contributed by atoms with Gasteiger partial charge in [0.2, 0.25) is 0 Å². The number of nitrogens with one attached hydrogen (secondary N) is 2. The fraction of sp³-hybridized carbons (Fsp3) is 0.316.